The van der Waals surface area contributed by atoms with E-state index < -0.39 is 0 Å². The van der Waals surface area contributed by atoms with Crippen molar-refractivity contribution in [1.82, 2.24) is 15.1 Å². The van der Waals surface area contributed by atoms with Gasteiger partial charge in [0.1, 0.15) is 0 Å². The van der Waals surface area contributed by atoms with Crippen molar-refractivity contribution in [3.8, 4) is 11.5 Å². The quantitative estimate of drug-likeness (QED) is 0.558. The molecule has 35 heavy (non-hydrogen) atoms. The number of carbonyl (C=O) groups is 2. The van der Waals surface area contributed by atoms with Crippen LogP contribution in [0.1, 0.15) is 60.5 Å². The fourth-order valence-corrected chi connectivity index (χ4v) is 4.75. The first-order chi connectivity index (χ1) is 17.1. The highest BCUT2D eigenvalue weighted by Crippen LogP contribution is 2.29. The number of hydrogen-bond donors (Lipinski definition) is 1. The summed E-state index contributed by atoms with van der Waals surface area (Å²) in [7, 11) is 0. The average Bonchev–Trinajstić information content (AvgIpc) is 3.41. The van der Waals surface area contributed by atoms with Crippen molar-refractivity contribution in [3.63, 3.8) is 0 Å². The molecule has 2 aromatic carbocycles. The van der Waals surface area contributed by atoms with E-state index in [1.165, 1.54) is 24.8 Å². The van der Waals surface area contributed by atoms with Crippen LogP contribution in [0.5, 0.6) is 11.5 Å². The molecular weight excluding hydrogens is 442 g/mol. The maximum Gasteiger partial charge on any atom is 0.260 e. The highest BCUT2D eigenvalue weighted by atomic mass is 16.5. The summed E-state index contributed by atoms with van der Waals surface area (Å²) in [5.74, 6) is 0.769. The number of piperidine rings is 1. The van der Waals surface area contributed by atoms with Gasteiger partial charge in [0.2, 0.25) is 0 Å². The number of benzene rings is 2. The molecule has 0 aliphatic carbocycles. The monoisotopic (exact) mass is 479 g/mol. The van der Waals surface area contributed by atoms with Crippen molar-refractivity contribution in [3.05, 3.63) is 59.2 Å². The van der Waals surface area contributed by atoms with Gasteiger partial charge in [0, 0.05) is 31.7 Å². The molecule has 0 bridgehead atoms. The SMILES string of the molecule is CCOc1cc(C(=O)NCc2ccccc2CN2CCCC2)ccc1OCC(=O)N1CCCCC1. The second-order valence-corrected chi connectivity index (χ2v) is 9.26. The molecule has 4 rings (SSSR count). The highest BCUT2D eigenvalue weighted by Gasteiger charge is 2.19. The van der Waals surface area contributed by atoms with Gasteiger partial charge in [0.15, 0.2) is 18.1 Å². The van der Waals surface area contributed by atoms with Gasteiger partial charge in [-0.25, -0.2) is 0 Å². The van der Waals surface area contributed by atoms with Gasteiger partial charge in [-0.3, -0.25) is 14.5 Å². The van der Waals surface area contributed by atoms with E-state index in [4.69, 9.17) is 9.47 Å². The van der Waals surface area contributed by atoms with Crippen LogP contribution in [0, 0.1) is 0 Å². The Balaban J connectivity index is 1.36. The second-order valence-electron chi connectivity index (χ2n) is 9.26. The predicted molar refractivity (Wildman–Crippen MR) is 136 cm³/mol. The molecule has 2 fully saturated rings. The van der Waals surface area contributed by atoms with Crippen LogP contribution >= 0.6 is 0 Å². The number of amides is 2. The number of rotatable bonds is 10. The van der Waals surface area contributed by atoms with Gasteiger partial charge < -0.3 is 19.7 Å². The van der Waals surface area contributed by atoms with E-state index in [9.17, 15) is 9.59 Å². The van der Waals surface area contributed by atoms with Gasteiger partial charge in [0.25, 0.3) is 11.8 Å². The molecule has 7 heteroatoms. The third-order valence-corrected chi connectivity index (χ3v) is 6.72. The van der Waals surface area contributed by atoms with Gasteiger partial charge >= 0.3 is 0 Å². The zero-order valence-electron chi connectivity index (χ0n) is 20.8. The van der Waals surface area contributed by atoms with Crippen molar-refractivity contribution in [2.24, 2.45) is 0 Å². The maximum absolute atomic E-state index is 12.9. The molecule has 7 nitrogen and oxygen atoms in total. The Morgan fingerprint density at radius 1 is 0.857 bits per heavy atom. The standard InChI is InChI=1S/C28H37N3O4/c1-2-34-26-18-22(12-13-25(26)35-21-27(32)31-16-6-3-7-17-31)28(33)29-19-23-10-4-5-11-24(23)20-30-14-8-9-15-30/h4-5,10-13,18H,2-3,6-9,14-17,19-21H2,1H3,(H,29,33). The van der Waals surface area contributed by atoms with Gasteiger partial charge in [-0.05, 0) is 81.4 Å². The molecule has 0 aromatic heterocycles. The number of ether oxygens (including phenoxy) is 2. The van der Waals surface area contributed by atoms with Crippen LogP contribution in [-0.4, -0.2) is 61.0 Å². The van der Waals surface area contributed by atoms with Crippen molar-refractivity contribution < 1.29 is 19.1 Å². The Hall–Kier alpha value is -3.06. The van der Waals surface area contributed by atoms with Crippen LogP contribution in [0.3, 0.4) is 0 Å². The first-order valence-corrected chi connectivity index (χ1v) is 12.9. The molecule has 2 amide bonds. The molecule has 2 heterocycles. The van der Waals surface area contributed by atoms with E-state index in [2.05, 4.69) is 28.4 Å². The van der Waals surface area contributed by atoms with Crippen molar-refractivity contribution in [2.75, 3.05) is 39.4 Å². The van der Waals surface area contributed by atoms with E-state index in [-0.39, 0.29) is 18.4 Å². The fraction of sp³-hybridized carbons (Fsp3) is 0.500. The summed E-state index contributed by atoms with van der Waals surface area (Å²) in [5.41, 5.74) is 2.89. The summed E-state index contributed by atoms with van der Waals surface area (Å²) in [5, 5.41) is 3.05. The summed E-state index contributed by atoms with van der Waals surface area (Å²) in [4.78, 5) is 29.7. The summed E-state index contributed by atoms with van der Waals surface area (Å²) in [6.45, 7) is 7.54. The number of nitrogens with one attached hydrogen (secondary N) is 1. The minimum Gasteiger partial charge on any atom is -0.490 e. The van der Waals surface area contributed by atoms with Gasteiger partial charge in [0.05, 0.1) is 6.61 Å². The van der Waals surface area contributed by atoms with E-state index in [1.807, 2.05) is 17.9 Å². The van der Waals surface area contributed by atoms with E-state index in [1.54, 1.807) is 18.2 Å². The smallest absolute Gasteiger partial charge is 0.260 e. The molecule has 2 aromatic rings. The van der Waals surface area contributed by atoms with Crippen LogP contribution in [-0.2, 0) is 17.9 Å². The van der Waals surface area contributed by atoms with Crippen molar-refractivity contribution >= 4 is 11.8 Å². The zero-order valence-corrected chi connectivity index (χ0v) is 20.8. The van der Waals surface area contributed by atoms with Gasteiger partial charge in [-0.15, -0.1) is 0 Å². The minimum atomic E-state index is -0.169. The molecule has 0 spiro atoms. The number of nitrogens with zero attached hydrogens (tertiary/aromatic N) is 2. The first kappa shape index (κ1) is 25.0. The molecule has 2 aliphatic heterocycles. The first-order valence-electron chi connectivity index (χ1n) is 12.9. The fourth-order valence-electron chi connectivity index (χ4n) is 4.75. The van der Waals surface area contributed by atoms with Crippen LogP contribution < -0.4 is 14.8 Å². The average molecular weight is 480 g/mol. The molecule has 188 valence electrons. The van der Waals surface area contributed by atoms with Crippen molar-refractivity contribution in [2.45, 2.75) is 52.1 Å². The van der Waals surface area contributed by atoms with Crippen LogP contribution in [0.4, 0.5) is 0 Å². The highest BCUT2D eigenvalue weighted by molar-refractivity contribution is 5.94. The Morgan fingerprint density at radius 3 is 2.31 bits per heavy atom. The molecule has 0 saturated carbocycles. The zero-order chi connectivity index (χ0) is 24.5. The van der Waals surface area contributed by atoms with Gasteiger partial charge in [-0.1, -0.05) is 24.3 Å². The predicted octanol–water partition coefficient (Wildman–Crippen LogP) is 4.00. The maximum atomic E-state index is 12.9. The lowest BCUT2D eigenvalue weighted by atomic mass is 10.1. The molecule has 0 atom stereocenters. The summed E-state index contributed by atoms with van der Waals surface area (Å²) in [6, 6.07) is 13.4. The van der Waals surface area contributed by atoms with Crippen molar-refractivity contribution in [1.29, 1.82) is 0 Å². The van der Waals surface area contributed by atoms with E-state index in [0.717, 1.165) is 51.1 Å². The lowest BCUT2D eigenvalue weighted by Gasteiger charge is -2.26. The Bertz CT molecular complexity index is 997. The van der Waals surface area contributed by atoms with Crippen LogP contribution in [0.25, 0.3) is 0 Å². The minimum absolute atomic E-state index is 0.0124. The lowest BCUT2D eigenvalue weighted by molar-refractivity contribution is -0.134. The van der Waals surface area contributed by atoms with Crippen LogP contribution in [0.15, 0.2) is 42.5 Å². The lowest BCUT2D eigenvalue weighted by Crippen LogP contribution is -2.38. The topological polar surface area (TPSA) is 71.1 Å². The molecule has 0 unspecified atom stereocenters. The largest absolute Gasteiger partial charge is 0.490 e. The molecule has 0 radical (unpaired) electrons. The third kappa shape index (κ3) is 6.98. The summed E-state index contributed by atoms with van der Waals surface area (Å²) < 4.78 is 11.5. The second kappa shape index (κ2) is 12.6. The number of hydrogen-bond acceptors (Lipinski definition) is 5. The Labute approximate surface area is 208 Å². The van der Waals surface area contributed by atoms with E-state index >= 15 is 0 Å². The third-order valence-electron chi connectivity index (χ3n) is 6.72. The van der Waals surface area contributed by atoms with Gasteiger partial charge in [-0.2, -0.15) is 0 Å². The molecule has 1 N–H and O–H groups in total. The molecule has 2 saturated heterocycles. The number of likely N-dealkylation sites (tertiary alicyclic amines) is 2. The molecular formula is C28H37N3O4. The Morgan fingerprint density at radius 2 is 1.57 bits per heavy atom. The summed E-state index contributed by atoms with van der Waals surface area (Å²) >= 11 is 0. The molecule has 2 aliphatic rings. The van der Waals surface area contributed by atoms with E-state index in [0.29, 0.717) is 30.2 Å². The normalized spacial score (nSPS) is 16.2. The van der Waals surface area contributed by atoms with Crippen LogP contribution in [0.2, 0.25) is 0 Å². The Kier molecular flexibility index (Phi) is 9.01. The summed E-state index contributed by atoms with van der Waals surface area (Å²) in [6.07, 6.45) is 5.78. The number of carbonyl (C=O) groups excluding carboxylic acids is 2.